The van der Waals surface area contributed by atoms with Crippen molar-refractivity contribution in [1.29, 1.82) is 0 Å². The van der Waals surface area contributed by atoms with Crippen molar-refractivity contribution in [1.82, 2.24) is 20.2 Å². The number of fused-ring (bicyclic) bond motifs is 3. The number of hydrogen-bond acceptors (Lipinski definition) is 7. The number of allylic oxidation sites excluding steroid dienone is 2. The fourth-order valence-corrected chi connectivity index (χ4v) is 6.01. The number of nitrogens with one attached hydrogen (secondary N) is 2. The summed E-state index contributed by atoms with van der Waals surface area (Å²) < 4.78 is 16.3. The molecular weight excluding hydrogens is 527 g/mol. The van der Waals surface area contributed by atoms with Gasteiger partial charge in [0.2, 0.25) is 5.95 Å². The zero-order valence-electron chi connectivity index (χ0n) is 23.6. The van der Waals surface area contributed by atoms with Crippen molar-refractivity contribution in [2.24, 2.45) is 0 Å². The minimum absolute atomic E-state index is 0.0188. The van der Waals surface area contributed by atoms with Gasteiger partial charge in [0.25, 0.3) is 0 Å². The molecule has 2 atom stereocenters. The van der Waals surface area contributed by atoms with Gasteiger partial charge in [-0.2, -0.15) is 4.98 Å². The molecule has 40 heavy (non-hydrogen) atoms. The van der Waals surface area contributed by atoms with E-state index >= 15 is 4.39 Å². The Morgan fingerprint density at radius 3 is 2.65 bits per heavy atom. The highest BCUT2D eigenvalue weighted by molar-refractivity contribution is 6.33. The summed E-state index contributed by atoms with van der Waals surface area (Å²) in [7, 11) is 4.07. The van der Waals surface area contributed by atoms with E-state index in [-0.39, 0.29) is 21.9 Å². The fourth-order valence-electron chi connectivity index (χ4n) is 5.67. The maximum absolute atomic E-state index is 16.3. The molecule has 7 nitrogen and oxygen atoms in total. The normalized spacial score (nSPS) is 19.6. The third-order valence-electron chi connectivity index (χ3n) is 7.69. The van der Waals surface area contributed by atoms with Crippen molar-refractivity contribution in [3.05, 3.63) is 69.7 Å². The summed E-state index contributed by atoms with van der Waals surface area (Å²) in [5.74, 6) is 0.612. The molecule has 0 radical (unpaired) electrons. The molecule has 2 fully saturated rings. The Morgan fingerprint density at radius 1 is 1.23 bits per heavy atom. The molecule has 2 unspecified atom stereocenters. The fraction of sp³-hybridized carbons (Fsp3) is 0.419. The first-order valence-corrected chi connectivity index (χ1v) is 14.3. The van der Waals surface area contributed by atoms with Gasteiger partial charge in [0.05, 0.1) is 5.02 Å². The van der Waals surface area contributed by atoms with E-state index in [4.69, 9.17) is 16.6 Å². The monoisotopic (exact) mass is 564 g/mol. The number of hydrogen-bond donors (Lipinski definition) is 3. The van der Waals surface area contributed by atoms with Crippen LogP contribution in [-0.2, 0) is 0 Å². The van der Waals surface area contributed by atoms with Gasteiger partial charge in [-0.1, -0.05) is 35.9 Å². The zero-order valence-corrected chi connectivity index (χ0v) is 24.4. The van der Waals surface area contributed by atoms with E-state index in [2.05, 4.69) is 25.4 Å². The lowest BCUT2D eigenvalue weighted by molar-refractivity contribution is 0.405. The first-order chi connectivity index (χ1) is 19.2. The van der Waals surface area contributed by atoms with E-state index in [0.717, 1.165) is 50.0 Å². The minimum Gasteiger partial charge on any atom is -0.508 e. The largest absolute Gasteiger partial charge is 0.508 e. The predicted molar refractivity (Wildman–Crippen MR) is 164 cm³/mol. The first kappa shape index (κ1) is 28.3. The smallest absolute Gasteiger partial charge is 0.225 e. The van der Waals surface area contributed by atoms with E-state index in [1.807, 2.05) is 45.3 Å². The summed E-state index contributed by atoms with van der Waals surface area (Å²) in [4.78, 5) is 13.9. The maximum atomic E-state index is 16.3. The average Bonchev–Trinajstić information content (AvgIpc) is 3.24. The Morgan fingerprint density at radius 2 is 1.95 bits per heavy atom. The van der Waals surface area contributed by atoms with Crippen LogP contribution in [0.4, 0.5) is 16.2 Å². The second-order valence-corrected chi connectivity index (χ2v) is 11.6. The van der Waals surface area contributed by atoms with Crippen LogP contribution < -0.4 is 15.5 Å². The lowest BCUT2D eigenvalue weighted by atomic mass is 10.0. The highest BCUT2D eigenvalue weighted by atomic mass is 35.5. The Labute approximate surface area is 240 Å². The maximum Gasteiger partial charge on any atom is 0.225 e. The lowest BCUT2D eigenvalue weighted by Crippen LogP contribution is -2.51. The molecule has 0 spiro atoms. The summed E-state index contributed by atoms with van der Waals surface area (Å²) in [5, 5.41) is 18.5. The highest BCUT2D eigenvalue weighted by Crippen LogP contribution is 2.37. The first-order valence-electron chi connectivity index (χ1n) is 13.9. The second-order valence-electron chi connectivity index (χ2n) is 11.2. The molecule has 9 heteroatoms. The van der Waals surface area contributed by atoms with Gasteiger partial charge >= 0.3 is 0 Å². The molecule has 2 bridgehead atoms. The molecule has 2 aliphatic rings. The molecule has 2 aliphatic heterocycles. The standard InChI is InChI=1S/C31H38ClFN6O/c1-19-8-5-6-9-21(19)15-24(40)14-20(2)27-26(32)16-25-29(28(27)33)36-31(34-12-7-13-38(3)4)37-30(25)39-17-22-10-11-23(18-39)35-22/h5-6,8-9,14-16,22-23,35,40H,7,10-13,17-18H2,1-4H3,(H,34,36,37)/b20-14+,24-15+. The molecule has 2 aromatic carbocycles. The second kappa shape index (κ2) is 12.1. The van der Waals surface area contributed by atoms with Crippen LogP contribution in [0.3, 0.4) is 0 Å². The number of aromatic nitrogens is 2. The summed E-state index contributed by atoms with van der Waals surface area (Å²) in [6.07, 6.45) is 6.37. The van der Waals surface area contributed by atoms with E-state index < -0.39 is 5.82 Å². The molecule has 212 valence electrons. The zero-order chi connectivity index (χ0) is 28.4. The number of aliphatic hydroxyl groups is 1. The predicted octanol–water partition coefficient (Wildman–Crippen LogP) is 6.04. The van der Waals surface area contributed by atoms with E-state index in [1.54, 1.807) is 25.1 Å². The Balaban J connectivity index is 1.55. The number of piperazine rings is 1. The van der Waals surface area contributed by atoms with Gasteiger partial charge in [0.15, 0.2) is 5.82 Å². The molecule has 0 amide bonds. The molecule has 2 saturated heterocycles. The van der Waals surface area contributed by atoms with Crippen LogP contribution in [0.5, 0.6) is 0 Å². The van der Waals surface area contributed by atoms with Crippen molar-refractivity contribution in [2.75, 3.05) is 50.5 Å². The van der Waals surface area contributed by atoms with Crippen LogP contribution in [0.25, 0.3) is 22.6 Å². The molecule has 5 rings (SSSR count). The van der Waals surface area contributed by atoms with Crippen LogP contribution in [0.15, 0.2) is 42.2 Å². The summed E-state index contributed by atoms with van der Waals surface area (Å²) in [6, 6.07) is 10.3. The number of benzene rings is 2. The van der Waals surface area contributed by atoms with Crippen molar-refractivity contribution < 1.29 is 9.50 Å². The van der Waals surface area contributed by atoms with Gasteiger partial charge < -0.3 is 25.5 Å². The summed E-state index contributed by atoms with van der Waals surface area (Å²) in [5.41, 5.74) is 2.88. The van der Waals surface area contributed by atoms with Crippen molar-refractivity contribution in [2.45, 2.75) is 45.2 Å². The van der Waals surface area contributed by atoms with Gasteiger partial charge in [-0.25, -0.2) is 9.37 Å². The van der Waals surface area contributed by atoms with Gasteiger partial charge in [-0.05, 0) is 88.7 Å². The molecule has 1 aromatic heterocycles. The van der Waals surface area contributed by atoms with Gasteiger partial charge in [0.1, 0.15) is 17.1 Å². The molecule has 3 aromatic rings. The molecule has 0 aliphatic carbocycles. The third kappa shape index (κ3) is 6.24. The van der Waals surface area contributed by atoms with Crippen molar-refractivity contribution in [3.8, 4) is 0 Å². The molecule has 3 N–H and O–H groups in total. The highest BCUT2D eigenvalue weighted by Gasteiger charge is 2.34. The van der Waals surface area contributed by atoms with Crippen LogP contribution in [-0.4, -0.2) is 72.3 Å². The Kier molecular flexibility index (Phi) is 8.59. The quantitative estimate of drug-likeness (QED) is 0.166. The van der Waals surface area contributed by atoms with Crippen molar-refractivity contribution in [3.63, 3.8) is 0 Å². The number of nitrogens with zero attached hydrogens (tertiary/aromatic N) is 4. The Hall–Kier alpha value is -3.20. The van der Waals surface area contributed by atoms with Crippen LogP contribution in [0.1, 0.15) is 42.9 Å². The number of anilines is 2. The summed E-state index contributed by atoms with van der Waals surface area (Å²) >= 11 is 6.74. The van der Waals surface area contributed by atoms with Crippen molar-refractivity contribution >= 4 is 45.9 Å². The third-order valence-corrected chi connectivity index (χ3v) is 7.99. The minimum atomic E-state index is -0.516. The number of rotatable bonds is 9. The van der Waals surface area contributed by atoms with Gasteiger partial charge in [-0.3, -0.25) is 0 Å². The van der Waals surface area contributed by atoms with Gasteiger partial charge in [0, 0.05) is 42.7 Å². The SMILES string of the molecule is C/C(=C\C(O)=C/c1ccccc1C)c1c(Cl)cc2c(N3CC4CCC(C3)N4)nc(NCCCN(C)C)nc2c1F. The molecular formula is C31H38ClFN6O. The number of halogens is 2. The molecule has 3 heterocycles. The van der Waals surface area contributed by atoms with E-state index in [0.29, 0.717) is 41.4 Å². The van der Waals surface area contributed by atoms with Crippen LogP contribution >= 0.6 is 11.6 Å². The number of aryl methyl sites for hydroxylation is 1. The van der Waals surface area contributed by atoms with Gasteiger partial charge in [-0.15, -0.1) is 0 Å². The average molecular weight is 565 g/mol. The lowest BCUT2D eigenvalue weighted by Gasteiger charge is -2.34. The van der Waals surface area contributed by atoms with Crippen LogP contribution in [0.2, 0.25) is 5.02 Å². The summed E-state index contributed by atoms with van der Waals surface area (Å²) in [6.45, 7) is 6.93. The van der Waals surface area contributed by atoms with Crippen LogP contribution in [0, 0.1) is 12.7 Å². The Bertz CT molecular complexity index is 1440. The number of aliphatic hydroxyl groups excluding tert-OH is 1. The van der Waals surface area contributed by atoms with E-state index in [9.17, 15) is 5.11 Å². The molecule has 0 saturated carbocycles. The topological polar surface area (TPSA) is 76.6 Å². The van der Waals surface area contributed by atoms with E-state index in [1.165, 1.54) is 0 Å².